The van der Waals surface area contributed by atoms with Gasteiger partial charge in [-0.15, -0.1) is 0 Å². The zero-order valence-corrected chi connectivity index (χ0v) is 10.7. The lowest BCUT2D eigenvalue weighted by molar-refractivity contribution is -0.141. The molecule has 0 aromatic heterocycles. The first-order valence-corrected chi connectivity index (χ1v) is 5.65. The van der Waals surface area contributed by atoms with E-state index in [0.717, 1.165) is 25.9 Å². The fourth-order valence-corrected chi connectivity index (χ4v) is 1.40. The minimum absolute atomic E-state index is 0.207. The van der Waals surface area contributed by atoms with Crippen LogP contribution in [0.4, 0.5) is 0 Å². The van der Waals surface area contributed by atoms with Gasteiger partial charge in [-0.05, 0) is 39.8 Å². The highest BCUT2D eigenvalue weighted by Crippen LogP contribution is 2.20. The van der Waals surface area contributed by atoms with Gasteiger partial charge in [-0.3, -0.25) is 9.69 Å². The van der Waals surface area contributed by atoms with Crippen molar-refractivity contribution in [2.75, 3.05) is 26.7 Å². The van der Waals surface area contributed by atoms with E-state index in [2.05, 4.69) is 10.8 Å². The highest BCUT2D eigenvalue weighted by Gasteiger charge is 2.17. The van der Waals surface area contributed by atoms with E-state index >= 15 is 0 Å². The van der Waals surface area contributed by atoms with Crippen LogP contribution in [0.1, 0.15) is 33.6 Å². The maximum absolute atomic E-state index is 11.1. The van der Waals surface area contributed by atoms with Gasteiger partial charge in [-0.1, -0.05) is 6.92 Å². The summed E-state index contributed by atoms with van der Waals surface area (Å²) in [5.74, 6) is -0.207. The summed E-state index contributed by atoms with van der Waals surface area (Å²) in [6.07, 6.45) is 1.77. The van der Waals surface area contributed by atoms with Crippen LogP contribution in [-0.4, -0.2) is 37.6 Å². The molecule has 0 saturated heterocycles. The fraction of sp³-hybridized carbons (Fsp3) is 0.833. The lowest BCUT2D eigenvalue weighted by Gasteiger charge is -2.21. The van der Waals surface area contributed by atoms with Gasteiger partial charge in [0, 0.05) is 0 Å². The summed E-state index contributed by atoms with van der Waals surface area (Å²) < 4.78 is 4.62. The average Bonchev–Trinajstić information content (AvgIpc) is 2.27. The quantitative estimate of drug-likeness (QED) is 0.621. The van der Waals surface area contributed by atoms with Crippen LogP contribution >= 0.6 is 0 Å². The van der Waals surface area contributed by atoms with Gasteiger partial charge in [0.15, 0.2) is 0 Å². The lowest BCUT2D eigenvalue weighted by atomic mass is 9.90. The topological polar surface area (TPSA) is 53.3 Å². The van der Waals surface area contributed by atoms with Crippen molar-refractivity contribution in [1.82, 2.24) is 4.90 Å². The number of methoxy groups -OCH3 is 1. The molecule has 0 saturated carbocycles. The molecule has 0 bridgehead atoms. The number of ether oxygens (including phenoxy) is 1. The van der Waals surface area contributed by atoms with E-state index in [1.54, 1.807) is 0 Å². The molecule has 0 aromatic rings. The summed E-state index contributed by atoms with van der Waals surface area (Å²) in [6.45, 7) is 7.87. The smallest absolute Gasteiger partial charge is 0.319 e. The molecule has 4 nitrogen and oxygen atoms in total. The van der Waals surface area contributed by atoms with Gasteiger partial charge >= 0.3 is 5.97 Å². The van der Waals surface area contributed by atoms with Crippen molar-refractivity contribution in [3.05, 3.63) is 0 Å². The number of carbonyl (C=O) groups excluding carboxylic acids is 1. The van der Waals surface area contributed by atoms with Crippen molar-refractivity contribution < 1.29 is 9.53 Å². The minimum Gasteiger partial charge on any atom is -0.468 e. The molecular weight excluding hydrogens is 204 g/mol. The number of carbonyl (C=O) groups is 1. The molecule has 0 rings (SSSR count). The Hall–Kier alpha value is -1.08. The molecule has 0 unspecified atom stereocenters. The van der Waals surface area contributed by atoms with Crippen LogP contribution < -0.4 is 0 Å². The zero-order valence-electron chi connectivity index (χ0n) is 10.7. The molecule has 0 fully saturated rings. The SMILES string of the molecule is CCN(CCCC(C)(C)C#N)CC(=O)OC. The zero-order chi connectivity index (χ0) is 12.6. The van der Waals surface area contributed by atoms with Crippen LogP contribution in [0.15, 0.2) is 0 Å². The van der Waals surface area contributed by atoms with Gasteiger partial charge in [0.25, 0.3) is 0 Å². The van der Waals surface area contributed by atoms with Crippen LogP contribution in [0.25, 0.3) is 0 Å². The highest BCUT2D eigenvalue weighted by molar-refractivity contribution is 5.71. The molecule has 4 heteroatoms. The average molecular weight is 226 g/mol. The second kappa shape index (κ2) is 7.24. The summed E-state index contributed by atoms with van der Waals surface area (Å²) in [6, 6.07) is 2.27. The molecule has 0 heterocycles. The molecule has 0 spiro atoms. The molecule has 0 amide bonds. The second-order valence-electron chi connectivity index (χ2n) is 4.54. The molecule has 0 aliphatic rings. The molecule has 16 heavy (non-hydrogen) atoms. The van der Waals surface area contributed by atoms with Crippen LogP contribution in [-0.2, 0) is 9.53 Å². The molecule has 0 atom stereocenters. The Morgan fingerprint density at radius 2 is 2.12 bits per heavy atom. The fourth-order valence-electron chi connectivity index (χ4n) is 1.40. The van der Waals surface area contributed by atoms with Gasteiger partial charge in [-0.25, -0.2) is 0 Å². The molecule has 0 N–H and O–H groups in total. The molecule has 0 aromatic carbocycles. The van der Waals surface area contributed by atoms with E-state index in [-0.39, 0.29) is 11.4 Å². The van der Waals surface area contributed by atoms with E-state index in [1.165, 1.54) is 7.11 Å². The summed E-state index contributed by atoms with van der Waals surface area (Å²) in [7, 11) is 1.40. The highest BCUT2D eigenvalue weighted by atomic mass is 16.5. The summed E-state index contributed by atoms with van der Waals surface area (Å²) >= 11 is 0. The Balaban J connectivity index is 3.89. The van der Waals surface area contributed by atoms with Gasteiger partial charge in [0.05, 0.1) is 25.1 Å². The molecule has 0 aliphatic heterocycles. The van der Waals surface area contributed by atoms with Gasteiger partial charge in [0.1, 0.15) is 0 Å². The number of rotatable bonds is 7. The summed E-state index contributed by atoms with van der Waals surface area (Å²) in [5.41, 5.74) is -0.273. The number of hydrogen-bond donors (Lipinski definition) is 0. The Labute approximate surface area is 98.2 Å². The standard InChI is InChI=1S/C12H22N2O2/c1-5-14(9-11(15)16-4)8-6-7-12(2,3)10-13/h5-9H2,1-4H3. The second-order valence-corrected chi connectivity index (χ2v) is 4.54. The van der Waals surface area contributed by atoms with Crippen LogP contribution in [0.2, 0.25) is 0 Å². The van der Waals surface area contributed by atoms with Gasteiger partial charge < -0.3 is 4.74 Å². The molecular formula is C12H22N2O2. The maximum Gasteiger partial charge on any atom is 0.319 e. The summed E-state index contributed by atoms with van der Waals surface area (Å²) in [5, 5.41) is 8.86. The van der Waals surface area contributed by atoms with Crippen molar-refractivity contribution in [3.8, 4) is 6.07 Å². The maximum atomic E-state index is 11.1. The molecule has 0 aliphatic carbocycles. The Morgan fingerprint density at radius 1 is 1.50 bits per heavy atom. The van der Waals surface area contributed by atoms with Crippen LogP contribution in [0.3, 0.4) is 0 Å². The number of nitriles is 1. The Kier molecular flexibility index (Phi) is 6.75. The van der Waals surface area contributed by atoms with E-state index in [4.69, 9.17) is 5.26 Å². The molecule has 92 valence electrons. The van der Waals surface area contributed by atoms with E-state index < -0.39 is 0 Å². The minimum atomic E-state index is -0.273. The predicted molar refractivity (Wildman–Crippen MR) is 62.8 cm³/mol. The number of hydrogen-bond acceptors (Lipinski definition) is 4. The van der Waals surface area contributed by atoms with Crippen molar-refractivity contribution in [2.24, 2.45) is 5.41 Å². The Bertz CT molecular complexity index is 256. The van der Waals surface area contributed by atoms with Crippen LogP contribution in [0.5, 0.6) is 0 Å². The van der Waals surface area contributed by atoms with E-state index in [9.17, 15) is 4.79 Å². The normalized spacial score (nSPS) is 11.2. The first-order chi connectivity index (χ1) is 7.45. The number of likely N-dealkylation sites (N-methyl/N-ethyl adjacent to an activating group) is 1. The lowest BCUT2D eigenvalue weighted by Crippen LogP contribution is -2.31. The van der Waals surface area contributed by atoms with E-state index in [1.807, 2.05) is 25.7 Å². The van der Waals surface area contributed by atoms with Gasteiger partial charge in [0.2, 0.25) is 0 Å². The monoisotopic (exact) mass is 226 g/mol. The third-order valence-electron chi connectivity index (χ3n) is 2.61. The van der Waals surface area contributed by atoms with E-state index in [0.29, 0.717) is 6.54 Å². The summed E-state index contributed by atoms with van der Waals surface area (Å²) in [4.78, 5) is 13.1. The first-order valence-electron chi connectivity index (χ1n) is 5.65. The van der Waals surface area contributed by atoms with Crippen molar-refractivity contribution >= 4 is 5.97 Å². The van der Waals surface area contributed by atoms with Crippen molar-refractivity contribution in [2.45, 2.75) is 33.6 Å². The number of nitrogens with zero attached hydrogens (tertiary/aromatic N) is 2. The molecule has 0 radical (unpaired) electrons. The first kappa shape index (κ1) is 14.9. The number of esters is 1. The van der Waals surface area contributed by atoms with Crippen molar-refractivity contribution in [3.63, 3.8) is 0 Å². The van der Waals surface area contributed by atoms with Crippen LogP contribution in [0, 0.1) is 16.7 Å². The Morgan fingerprint density at radius 3 is 2.56 bits per heavy atom. The predicted octanol–water partition coefficient (Wildman–Crippen LogP) is 1.81. The third kappa shape index (κ3) is 6.41. The van der Waals surface area contributed by atoms with Crippen molar-refractivity contribution in [1.29, 1.82) is 5.26 Å². The largest absolute Gasteiger partial charge is 0.468 e. The van der Waals surface area contributed by atoms with Gasteiger partial charge in [-0.2, -0.15) is 5.26 Å². The third-order valence-corrected chi connectivity index (χ3v) is 2.61.